The minimum absolute atomic E-state index is 1.26. The normalized spacial score (nSPS) is 22.9. The Balaban J connectivity index is 1.39. The minimum atomic E-state index is 1.26. The first-order valence-corrected chi connectivity index (χ1v) is 12.8. The smallest absolute Gasteiger partial charge is 0.0452 e. The maximum absolute atomic E-state index is 2.63. The van der Waals surface area contributed by atoms with E-state index in [1.54, 1.807) is 0 Å². The van der Waals surface area contributed by atoms with Gasteiger partial charge in [-0.3, -0.25) is 9.80 Å². The predicted octanol–water partition coefficient (Wildman–Crippen LogP) is 4.33. The topological polar surface area (TPSA) is 6.48 Å². The van der Waals surface area contributed by atoms with E-state index in [0.29, 0.717) is 0 Å². The Hall–Kier alpha value is 1.32. The molecule has 0 bridgehead atoms. The maximum Gasteiger partial charge on any atom is 0.0452 e. The van der Waals surface area contributed by atoms with Crippen LogP contribution in [0, 0.1) is 0 Å². The molecule has 0 radical (unpaired) electrons. The van der Waals surface area contributed by atoms with Gasteiger partial charge in [0, 0.05) is 46.5 Å². The van der Waals surface area contributed by atoms with Crippen molar-refractivity contribution < 1.29 is 0 Å². The molecule has 0 saturated carbocycles. The summed E-state index contributed by atoms with van der Waals surface area (Å²) in [5, 5.41) is 0. The molecule has 2 fully saturated rings. The van der Waals surface area contributed by atoms with Crippen LogP contribution in [-0.2, 0) is 0 Å². The van der Waals surface area contributed by atoms with Gasteiger partial charge < -0.3 is 0 Å². The largest absolute Gasteiger partial charge is 0.285 e. The summed E-state index contributed by atoms with van der Waals surface area (Å²) < 4.78 is 0. The van der Waals surface area contributed by atoms with Gasteiger partial charge >= 0.3 is 0 Å². The highest BCUT2D eigenvalue weighted by atomic mass is 32.2. The highest BCUT2D eigenvalue weighted by Gasteiger charge is 2.09. The Kier molecular flexibility index (Phi) is 11.3. The molecule has 21 heavy (non-hydrogen) atoms. The van der Waals surface area contributed by atoms with Crippen molar-refractivity contribution in [2.45, 2.75) is 32.1 Å². The predicted molar refractivity (Wildman–Crippen MR) is 106 cm³/mol. The van der Waals surface area contributed by atoms with E-state index in [1.165, 1.54) is 91.7 Å². The molecule has 2 rings (SSSR count). The van der Waals surface area contributed by atoms with Crippen LogP contribution in [-0.4, -0.2) is 69.4 Å². The third-order valence-corrected chi connectivity index (χ3v) is 8.47. The van der Waals surface area contributed by atoms with Crippen LogP contribution in [0.5, 0.6) is 0 Å². The lowest BCUT2D eigenvalue weighted by Gasteiger charge is -2.19. The second kappa shape index (κ2) is 12.7. The summed E-state index contributed by atoms with van der Waals surface area (Å²) in [7, 11) is 0. The summed E-state index contributed by atoms with van der Waals surface area (Å²) in [4.78, 5) is 5.27. The third-order valence-electron chi connectivity index (χ3n) is 3.79. The zero-order chi connectivity index (χ0) is 14.6. The molecule has 2 aliphatic heterocycles. The van der Waals surface area contributed by atoms with Gasteiger partial charge in [-0.2, -0.15) is 0 Å². The van der Waals surface area contributed by atoms with Crippen LogP contribution in [0.4, 0.5) is 0 Å². The molecule has 0 aromatic carbocycles. The molecular weight excluding hydrogens is 336 g/mol. The van der Waals surface area contributed by atoms with E-state index in [2.05, 4.69) is 56.8 Å². The van der Waals surface area contributed by atoms with Crippen molar-refractivity contribution in [3.8, 4) is 0 Å². The van der Waals surface area contributed by atoms with E-state index in [0.717, 1.165) is 0 Å². The van der Waals surface area contributed by atoms with Crippen LogP contribution in [0.1, 0.15) is 32.1 Å². The number of thioether (sulfide) groups is 4. The number of hydrogen-bond donors (Lipinski definition) is 0. The van der Waals surface area contributed by atoms with Gasteiger partial charge in [0.15, 0.2) is 0 Å². The molecule has 6 heteroatoms. The molecule has 2 aliphatic rings. The van der Waals surface area contributed by atoms with Crippen molar-refractivity contribution in [2.75, 3.05) is 59.6 Å². The third kappa shape index (κ3) is 9.26. The van der Waals surface area contributed by atoms with Crippen LogP contribution < -0.4 is 0 Å². The van der Waals surface area contributed by atoms with E-state index in [4.69, 9.17) is 0 Å². The van der Waals surface area contributed by atoms with Crippen molar-refractivity contribution in [1.82, 2.24) is 9.80 Å². The van der Waals surface area contributed by atoms with Crippen LogP contribution in [0.25, 0.3) is 0 Å². The van der Waals surface area contributed by atoms with Crippen molar-refractivity contribution in [1.29, 1.82) is 0 Å². The molecule has 0 N–H and O–H groups in total. The summed E-state index contributed by atoms with van der Waals surface area (Å²) in [6, 6.07) is 0. The molecule has 2 saturated heterocycles. The summed E-state index contributed by atoms with van der Waals surface area (Å²) in [6.45, 7) is 2.64. The zero-order valence-corrected chi connectivity index (χ0v) is 16.4. The lowest BCUT2D eigenvalue weighted by molar-refractivity contribution is 0.351. The number of unbranched alkanes of at least 4 members (excludes halogenated alkanes) is 4. The Morgan fingerprint density at radius 3 is 1.19 bits per heavy atom. The fraction of sp³-hybridized carbons (Fsp3) is 1.00. The highest BCUT2D eigenvalue weighted by molar-refractivity contribution is 8.03. The van der Waals surface area contributed by atoms with Gasteiger partial charge in [-0.15, -0.1) is 47.0 Å². The zero-order valence-electron chi connectivity index (χ0n) is 13.1. The molecule has 0 aromatic rings. The second-order valence-electron chi connectivity index (χ2n) is 5.71. The van der Waals surface area contributed by atoms with E-state index >= 15 is 0 Å². The lowest BCUT2D eigenvalue weighted by atomic mass is 10.1. The molecular formula is C15H30N2S4. The average molecular weight is 367 g/mol. The van der Waals surface area contributed by atoms with E-state index in [9.17, 15) is 0 Å². The van der Waals surface area contributed by atoms with Gasteiger partial charge in [-0.05, 0) is 25.9 Å². The number of nitrogens with zero attached hydrogens (tertiary/aromatic N) is 2. The van der Waals surface area contributed by atoms with Gasteiger partial charge in [-0.1, -0.05) is 19.3 Å². The quantitative estimate of drug-likeness (QED) is 0.586. The molecule has 0 aliphatic carbocycles. The van der Waals surface area contributed by atoms with Crippen molar-refractivity contribution >= 4 is 47.0 Å². The van der Waals surface area contributed by atoms with Crippen molar-refractivity contribution in [3.63, 3.8) is 0 Å². The average Bonchev–Trinajstić information content (AvgIpc) is 2.91. The van der Waals surface area contributed by atoms with Crippen molar-refractivity contribution in [2.24, 2.45) is 0 Å². The Morgan fingerprint density at radius 2 is 0.810 bits per heavy atom. The number of rotatable bonds is 8. The van der Waals surface area contributed by atoms with E-state index in [-0.39, 0.29) is 0 Å². The first-order chi connectivity index (χ1) is 10.4. The molecule has 0 aromatic heterocycles. The van der Waals surface area contributed by atoms with Crippen molar-refractivity contribution in [3.05, 3.63) is 0 Å². The summed E-state index contributed by atoms with van der Waals surface area (Å²) in [5.74, 6) is 10.4. The molecule has 0 amide bonds. The Morgan fingerprint density at radius 1 is 0.476 bits per heavy atom. The Bertz CT molecular complexity index is 216. The molecule has 0 spiro atoms. The summed E-state index contributed by atoms with van der Waals surface area (Å²) in [5.41, 5.74) is 0. The van der Waals surface area contributed by atoms with Crippen LogP contribution in [0.15, 0.2) is 0 Å². The first kappa shape index (κ1) is 18.7. The fourth-order valence-electron chi connectivity index (χ4n) is 2.54. The highest BCUT2D eigenvalue weighted by Crippen LogP contribution is 2.19. The SMILES string of the molecule is C(CCCN1CSCCSC1)CCCN1CSCCSC1. The Labute approximate surface area is 148 Å². The molecule has 2 heterocycles. The van der Waals surface area contributed by atoms with Gasteiger partial charge in [0.2, 0.25) is 0 Å². The maximum atomic E-state index is 2.63. The van der Waals surface area contributed by atoms with Gasteiger partial charge in [-0.25, -0.2) is 0 Å². The second-order valence-corrected chi connectivity index (χ2v) is 10.0. The number of hydrogen-bond acceptors (Lipinski definition) is 6. The van der Waals surface area contributed by atoms with Crippen LogP contribution in [0.2, 0.25) is 0 Å². The van der Waals surface area contributed by atoms with Gasteiger partial charge in [0.1, 0.15) is 0 Å². The standard InChI is InChI=1S/C15H30N2S4/c1(2-4-6-16-12-18-8-9-19-13-16)3-5-7-17-14-20-10-11-21-15-17/h1-15H2. The molecule has 2 nitrogen and oxygen atoms in total. The molecule has 0 atom stereocenters. The minimum Gasteiger partial charge on any atom is -0.285 e. The molecule has 0 unspecified atom stereocenters. The fourth-order valence-corrected chi connectivity index (χ4v) is 7.09. The van der Waals surface area contributed by atoms with E-state index < -0.39 is 0 Å². The first-order valence-electron chi connectivity index (χ1n) is 8.21. The van der Waals surface area contributed by atoms with Crippen LogP contribution >= 0.6 is 47.0 Å². The van der Waals surface area contributed by atoms with Gasteiger partial charge in [0.05, 0.1) is 0 Å². The molecule has 124 valence electrons. The monoisotopic (exact) mass is 366 g/mol. The summed E-state index contributed by atoms with van der Waals surface area (Å²) >= 11 is 8.44. The van der Waals surface area contributed by atoms with Crippen LogP contribution in [0.3, 0.4) is 0 Å². The van der Waals surface area contributed by atoms with Gasteiger partial charge in [0.25, 0.3) is 0 Å². The lowest BCUT2D eigenvalue weighted by Crippen LogP contribution is -2.23. The van der Waals surface area contributed by atoms with E-state index in [1.807, 2.05) is 0 Å². The summed E-state index contributed by atoms with van der Waals surface area (Å²) in [6.07, 6.45) is 7.08.